The molecule has 2 aliphatic rings. The Balaban J connectivity index is 1.51. The SMILES string of the molecule is Cc1cccc(N2C[C@]3(CCN(C(=O)c4cccnc4)C3)CC2=O)c1. The molecule has 1 aromatic carbocycles. The van der Waals surface area contributed by atoms with Gasteiger partial charge in [0.15, 0.2) is 0 Å². The van der Waals surface area contributed by atoms with Crippen LogP contribution in [0.3, 0.4) is 0 Å². The number of anilines is 1. The van der Waals surface area contributed by atoms with Gasteiger partial charge in [-0.3, -0.25) is 14.6 Å². The number of carbonyl (C=O) groups excluding carboxylic acids is 2. The normalized spacial score (nSPS) is 22.8. The molecule has 25 heavy (non-hydrogen) atoms. The molecule has 5 nitrogen and oxygen atoms in total. The molecule has 0 unspecified atom stereocenters. The quantitative estimate of drug-likeness (QED) is 0.848. The van der Waals surface area contributed by atoms with E-state index in [2.05, 4.69) is 4.98 Å². The van der Waals surface area contributed by atoms with Crippen LogP contribution in [-0.2, 0) is 4.79 Å². The van der Waals surface area contributed by atoms with Gasteiger partial charge in [-0.05, 0) is 43.2 Å². The van der Waals surface area contributed by atoms with Crippen molar-refractivity contribution in [1.82, 2.24) is 9.88 Å². The lowest BCUT2D eigenvalue weighted by Gasteiger charge is -2.24. The summed E-state index contributed by atoms with van der Waals surface area (Å²) in [4.78, 5) is 33.0. The molecular formula is C20H21N3O2. The van der Waals surface area contributed by atoms with Crippen molar-refractivity contribution in [2.75, 3.05) is 24.5 Å². The van der Waals surface area contributed by atoms with E-state index in [4.69, 9.17) is 0 Å². The number of hydrogen-bond acceptors (Lipinski definition) is 3. The van der Waals surface area contributed by atoms with E-state index in [1.54, 1.807) is 24.5 Å². The van der Waals surface area contributed by atoms with Crippen LogP contribution in [-0.4, -0.2) is 41.3 Å². The predicted molar refractivity (Wildman–Crippen MR) is 95.3 cm³/mol. The molecule has 0 saturated carbocycles. The Hall–Kier alpha value is -2.69. The number of nitrogens with zero attached hydrogens (tertiary/aromatic N) is 3. The summed E-state index contributed by atoms with van der Waals surface area (Å²) >= 11 is 0. The van der Waals surface area contributed by atoms with Crippen LogP contribution in [0, 0.1) is 12.3 Å². The largest absolute Gasteiger partial charge is 0.338 e. The number of rotatable bonds is 2. The van der Waals surface area contributed by atoms with Crippen LogP contribution < -0.4 is 4.90 Å². The standard InChI is InChI=1S/C20H21N3O2/c1-15-4-2-6-17(10-15)23-14-20(11-18(23)24)7-9-22(13-20)19(25)16-5-3-8-21-12-16/h2-6,8,10,12H,7,9,11,13-14H2,1H3/t20-/m1/s1. The van der Waals surface area contributed by atoms with Gasteiger partial charge in [-0.2, -0.15) is 0 Å². The molecule has 3 heterocycles. The van der Waals surface area contributed by atoms with E-state index in [0.29, 0.717) is 31.6 Å². The average molecular weight is 335 g/mol. The molecule has 1 aromatic heterocycles. The summed E-state index contributed by atoms with van der Waals surface area (Å²) in [5.74, 6) is 0.160. The molecule has 2 amide bonds. The Labute approximate surface area is 147 Å². The molecule has 2 aromatic rings. The van der Waals surface area contributed by atoms with Crippen LogP contribution >= 0.6 is 0 Å². The van der Waals surface area contributed by atoms with Gasteiger partial charge in [0.1, 0.15) is 0 Å². The Morgan fingerprint density at radius 3 is 2.84 bits per heavy atom. The van der Waals surface area contributed by atoms with Crippen molar-refractivity contribution >= 4 is 17.5 Å². The van der Waals surface area contributed by atoms with Gasteiger partial charge < -0.3 is 9.80 Å². The van der Waals surface area contributed by atoms with Crippen molar-refractivity contribution in [3.63, 3.8) is 0 Å². The first kappa shape index (κ1) is 15.8. The van der Waals surface area contributed by atoms with E-state index in [9.17, 15) is 9.59 Å². The van der Waals surface area contributed by atoms with Gasteiger partial charge in [-0.25, -0.2) is 0 Å². The molecule has 128 valence electrons. The van der Waals surface area contributed by atoms with Crippen molar-refractivity contribution in [3.8, 4) is 0 Å². The molecule has 0 bridgehead atoms. The maximum atomic E-state index is 12.7. The van der Waals surface area contributed by atoms with Gasteiger partial charge >= 0.3 is 0 Å². The number of aryl methyl sites for hydroxylation is 1. The molecule has 2 aliphatic heterocycles. The van der Waals surface area contributed by atoms with Gasteiger partial charge in [-0.15, -0.1) is 0 Å². The summed E-state index contributed by atoms with van der Waals surface area (Å²) in [6, 6.07) is 11.6. The highest BCUT2D eigenvalue weighted by atomic mass is 16.2. The minimum Gasteiger partial charge on any atom is -0.338 e. The van der Waals surface area contributed by atoms with Crippen LogP contribution in [0.4, 0.5) is 5.69 Å². The molecule has 0 N–H and O–H groups in total. The maximum absolute atomic E-state index is 12.7. The Morgan fingerprint density at radius 1 is 1.20 bits per heavy atom. The molecule has 4 rings (SSSR count). The monoisotopic (exact) mass is 335 g/mol. The number of benzene rings is 1. The minimum atomic E-state index is -0.126. The minimum absolute atomic E-state index is 0.00595. The number of aromatic nitrogens is 1. The third kappa shape index (κ3) is 2.90. The Morgan fingerprint density at radius 2 is 2.08 bits per heavy atom. The van der Waals surface area contributed by atoms with Crippen LogP contribution in [0.25, 0.3) is 0 Å². The predicted octanol–water partition coefficient (Wildman–Crippen LogP) is 2.66. The fraction of sp³-hybridized carbons (Fsp3) is 0.350. The van der Waals surface area contributed by atoms with Gasteiger partial charge in [0, 0.05) is 49.6 Å². The van der Waals surface area contributed by atoms with Gasteiger partial charge in [0.05, 0.1) is 5.56 Å². The van der Waals surface area contributed by atoms with E-state index < -0.39 is 0 Å². The van der Waals surface area contributed by atoms with Crippen LogP contribution in [0.15, 0.2) is 48.8 Å². The number of carbonyl (C=O) groups is 2. The first-order valence-corrected chi connectivity index (χ1v) is 8.63. The molecule has 0 radical (unpaired) electrons. The summed E-state index contributed by atoms with van der Waals surface area (Å²) < 4.78 is 0. The maximum Gasteiger partial charge on any atom is 0.255 e. The summed E-state index contributed by atoms with van der Waals surface area (Å²) in [5.41, 5.74) is 2.59. The van der Waals surface area contributed by atoms with E-state index >= 15 is 0 Å². The average Bonchev–Trinajstić information content (AvgIpc) is 3.18. The van der Waals surface area contributed by atoms with Crippen molar-refractivity contribution in [2.45, 2.75) is 19.8 Å². The Bertz CT molecular complexity index is 821. The van der Waals surface area contributed by atoms with Crippen molar-refractivity contribution in [3.05, 3.63) is 59.9 Å². The zero-order valence-corrected chi connectivity index (χ0v) is 14.3. The van der Waals surface area contributed by atoms with E-state index in [1.165, 1.54) is 0 Å². The summed E-state index contributed by atoms with van der Waals surface area (Å²) in [7, 11) is 0. The van der Waals surface area contributed by atoms with Gasteiger partial charge in [-0.1, -0.05) is 12.1 Å². The molecule has 1 spiro atoms. The third-order valence-electron chi connectivity index (χ3n) is 5.27. The lowest BCUT2D eigenvalue weighted by atomic mass is 9.86. The second-order valence-electron chi connectivity index (χ2n) is 7.21. The molecule has 5 heteroatoms. The molecule has 2 fully saturated rings. The lowest BCUT2D eigenvalue weighted by Crippen LogP contribution is -2.34. The fourth-order valence-corrected chi connectivity index (χ4v) is 3.98. The summed E-state index contributed by atoms with van der Waals surface area (Å²) in [5, 5.41) is 0. The van der Waals surface area contributed by atoms with E-state index in [1.807, 2.05) is 41.0 Å². The second kappa shape index (κ2) is 5.99. The van der Waals surface area contributed by atoms with Gasteiger partial charge in [0.2, 0.25) is 5.91 Å². The first-order chi connectivity index (χ1) is 12.1. The number of hydrogen-bond donors (Lipinski definition) is 0. The second-order valence-corrected chi connectivity index (χ2v) is 7.21. The smallest absolute Gasteiger partial charge is 0.255 e. The molecular weight excluding hydrogens is 314 g/mol. The van der Waals surface area contributed by atoms with E-state index in [0.717, 1.165) is 17.7 Å². The van der Waals surface area contributed by atoms with Crippen LogP contribution in [0.2, 0.25) is 0 Å². The van der Waals surface area contributed by atoms with Crippen molar-refractivity contribution in [1.29, 1.82) is 0 Å². The van der Waals surface area contributed by atoms with Gasteiger partial charge in [0.25, 0.3) is 5.91 Å². The number of likely N-dealkylation sites (tertiary alicyclic amines) is 1. The highest BCUT2D eigenvalue weighted by Crippen LogP contribution is 2.42. The molecule has 2 saturated heterocycles. The van der Waals surface area contributed by atoms with E-state index in [-0.39, 0.29) is 17.2 Å². The zero-order chi connectivity index (χ0) is 17.4. The number of amides is 2. The topological polar surface area (TPSA) is 53.5 Å². The molecule has 0 aliphatic carbocycles. The zero-order valence-electron chi connectivity index (χ0n) is 14.3. The lowest BCUT2D eigenvalue weighted by molar-refractivity contribution is -0.117. The van der Waals surface area contributed by atoms with Crippen LogP contribution in [0.5, 0.6) is 0 Å². The van der Waals surface area contributed by atoms with Crippen molar-refractivity contribution in [2.24, 2.45) is 5.41 Å². The Kier molecular flexibility index (Phi) is 3.79. The summed E-state index contributed by atoms with van der Waals surface area (Å²) in [6.45, 7) is 4.05. The van der Waals surface area contributed by atoms with Crippen LogP contribution in [0.1, 0.15) is 28.8 Å². The highest BCUT2D eigenvalue weighted by Gasteiger charge is 2.48. The fourth-order valence-electron chi connectivity index (χ4n) is 3.98. The summed E-state index contributed by atoms with van der Waals surface area (Å²) in [6.07, 6.45) is 4.65. The number of pyridine rings is 1. The highest BCUT2D eigenvalue weighted by molar-refractivity contribution is 5.97. The van der Waals surface area contributed by atoms with Crippen molar-refractivity contribution < 1.29 is 9.59 Å². The molecule has 1 atom stereocenters. The third-order valence-corrected chi connectivity index (χ3v) is 5.27. The first-order valence-electron chi connectivity index (χ1n) is 8.63.